The van der Waals surface area contributed by atoms with E-state index in [0.717, 1.165) is 33.3 Å². The molecule has 3 aromatic carbocycles. The number of alkyl halides is 3. The third-order valence-electron chi connectivity index (χ3n) is 6.81. The zero-order valence-corrected chi connectivity index (χ0v) is 22.6. The topological polar surface area (TPSA) is 96.7 Å². The van der Waals surface area contributed by atoms with Gasteiger partial charge in [0.1, 0.15) is 6.04 Å². The second-order valence-corrected chi connectivity index (χ2v) is 11.9. The Morgan fingerprint density at radius 3 is 2.44 bits per heavy atom. The standard InChI is InChI=1S/C27H20BrF3N2O5S/c1-32-14-21(26(35)36)33-24(34)23(28)20(13-16-8-4-7-15-6-2-3-11-19(15)16)22(25(33)39(32,37)38)17-9-5-10-18(12-17)27(29,30)31/h2-12,21H,13-14H2,1H3,(H,35,36). The smallest absolute Gasteiger partial charge is 0.416 e. The minimum atomic E-state index is -4.73. The van der Waals surface area contributed by atoms with Crippen molar-refractivity contribution in [2.75, 3.05) is 13.6 Å². The molecule has 1 aromatic heterocycles. The van der Waals surface area contributed by atoms with Crippen molar-refractivity contribution in [3.63, 3.8) is 0 Å². The highest BCUT2D eigenvalue weighted by molar-refractivity contribution is 9.10. The lowest BCUT2D eigenvalue weighted by Gasteiger charge is -2.33. The molecule has 2 heterocycles. The number of carboxylic acids is 1. The number of fused-ring (bicyclic) bond motifs is 2. The largest absolute Gasteiger partial charge is 0.480 e. The van der Waals surface area contributed by atoms with Crippen molar-refractivity contribution in [3.8, 4) is 11.1 Å². The molecule has 1 aliphatic rings. The van der Waals surface area contributed by atoms with Crippen LogP contribution in [0.25, 0.3) is 21.9 Å². The summed E-state index contributed by atoms with van der Waals surface area (Å²) in [6.07, 6.45) is -4.75. The average molecular weight is 621 g/mol. The molecule has 0 saturated heterocycles. The van der Waals surface area contributed by atoms with Crippen molar-refractivity contribution in [2.45, 2.75) is 23.7 Å². The van der Waals surface area contributed by atoms with Crippen LogP contribution < -0.4 is 5.56 Å². The molecule has 0 aliphatic carbocycles. The first kappa shape index (κ1) is 27.1. The average Bonchev–Trinajstić information content (AvgIpc) is 2.89. The second-order valence-electron chi connectivity index (χ2n) is 9.18. The predicted octanol–water partition coefficient (Wildman–Crippen LogP) is 5.30. The van der Waals surface area contributed by atoms with Crippen LogP contribution >= 0.6 is 15.9 Å². The Kier molecular flexibility index (Phi) is 6.68. The lowest BCUT2D eigenvalue weighted by molar-refractivity contribution is -0.141. The third kappa shape index (κ3) is 4.56. The Morgan fingerprint density at radius 2 is 1.74 bits per heavy atom. The predicted molar refractivity (Wildman–Crippen MR) is 142 cm³/mol. The summed E-state index contributed by atoms with van der Waals surface area (Å²) in [4.78, 5) is 25.7. The van der Waals surface area contributed by atoms with E-state index in [1.165, 1.54) is 13.1 Å². The fraction of sp³-hybridized carbons (Fsp3) is 0.185. The Morgan fingerprint density at radius 1 is 1.08 bits per heavy atom. The van der Waals surface area contributed by atoms with Gasteiger partial charge in [-0.05, 0) is 55.5 Å². The Bertz CT molecular complexity index is 1810. The molecule has 202 valence electrons. The van der Waals surface area contributed by atoms with Crippen molar-refractivity contribution in [1.29, 1.82) is 0 Å². The maximum atomic E-state index is 13.7. The van der Waals surface area contributed by atoms with Gasteiger partial charge in [0.05, 0.1) is 10.0 Å². The van der Waals surface area contributed by atoms with Crippen LogP contribution in [-0.4, -0.2) is 42.0 Å². The van der Waals surface area contributed by atoms with Crippen molar-refractivity contribution in [1.82, 2.24) is 8.87 Å². The van der Waals surface area contributed by atoms with Gasteiger partial charge in [-0.3, -0.25) is 9.36 Å². The normalized spacial score (nSPS) is 17.2. The van der Waals surface area contributed by atoms with Crippen molar-refractivity contribution in [3.05, 3.63) is 98.2 Å². The van der Waals surface area contributed by atoms with Gasteiger partial charge in [0.2, 0.25) is 0 Å². The van der Waals surface area contributed by atoms with Gasteiger partial charge in [-0.25, -0.2) is 13.2 Å². The van der Waals surface area contributed by atoms with E-state index >= 15 is 0 Å². The van der Waals surface area contributed by atoms with Crippen molar-refractivity contribution in [2.24, 2.45) is 0 Å². The van der Waals surface area contributed by atoms with Gasteiger partial charge in [-0.15, -0.1) is 0 Å². The number of hydrogen-bond acceptors (Lipinski definition) is 4. The van der Waals surface area contributed by atoms with E-state index in [4.69, 9.17) is 0 Å². The van der Waals surface area contributed by atoms with E-state index in [2.05, 4.69) is 15.9 Å². The van der Waals surface area contributed by atoms with Crippen molar-refractivity contribution >= 4 is 42.7 Å². The first-order valence-corrected chi connectivity index (χ1v) is 13.9. The number of likely N-dealkylation sites (N-methyl/N-ethyl adjacent to an activating group) is 1. The van der Waals surface area contributed by atoms with E-state index in [9.17, 15) is 36.3 Å². The van der Waals surface area contributed by atoms with Gasteiger partial charge >= 0.3 is 12.1 Å². The van der Waals surface area contributed by atoms with Gasteiger partial charge < -0.3 is 5.11 Å². The summed E-state index contributed by atoms with van der Waals surface area (Å²) in [5.41, 5.74) is -1.38. The number of rotatable bonds is 4. The minimum absolute atomic E-state index is 0.0203. The molecule has 1 atom stereocenters. The monoisotopic (exact) mass is 620 g/mol. The molecule has 0 bridgehead atoms. The molecule has 0 radical (unpaired) electrons. The van der Waals surface area contributed by atoms with Crippen LogP contribution in [-0.2, 0) is 27.4 Å². The first-order valence-electron chi connectivity index (χ1n) is 11.6. The molecule has 0 saturated carbocycles. The number of nitrogens with zero attached hydrogens (tertiary/aromatic N) is 2. The summed E-state index contributed by atoms with van der Waals surface area (Å²) in [6, 6.07) is 15.3. The van der Waals surface area contributed by atoms with E-state index in [-0.39, 0.29) is 27.6 Å². The minimum Gasteiger partial charge on any atom is -0.480 e. The summed E-state index contributed by atoms with van der Waals surface area (Å²) < 4.78 is 69.8. The number of halogens is 4. The quantitative estimate of drug-likeness (QED) is 0.334. The molecule has 0 amide bonds. The van der Waals surface area contributed by atoms with E-state index in [0.29, 0.717) is 10.1 Å². The van der Waals surface area contributed by atoms with Gasteiger partial charge in [-0.2, -0.15) is 17.5 Å². The van der Waals surface area contributed by atoms with Gasteiger partial charge in [0, 0.05) is 25.6 Å². The summed E-state index contributed by atoms with van der Waals surface area (Å²) in [7, 11) is -3.31. The Balaban J connectivity index is 1.93. The molecule has 0 spiro atoms. The molecule has 5 rings (SSSR count). The van der Waals surface area contributed by atoms with Crippen LogP contribution in [0.5, 0.6) is 0 Å². The van der Waals surface area contributed by atoms with Crippen LogP contribution in [0.15, 0.2) is 81.0 Å². The molecule has 7 nitrogen and oxygen atoms in total. The van der Waals surface area contributed by atoms with Gasteiger partial charge in [0.15, 0.2) is 5.03 Å². The fourth-order valence-electron chi connectivity index (χ4n) is 4.93. The fourth-order valence-corrected chi connectivity index (χ4v) is 7.05. The SMILES string of the molecule is CN1CC(C(=O)O)n2c(c(-c3cccc(C(F)(F)F)c3)c(Cc3cccc4ccccc34)c(Br)c2=O)S1(=O)=O. The highest BCUT2D eigenvalue weighted by Crippen LogP contribution is 2.41. The third-order valence-corrected chi connectivity index (χ3v) is 9.49. The van der Waals surface area contributed by atoms with Crippen LogP contribution in [0.4, 0.5) is 13.2 Å². The molecule has 12 heteroatoms. The van der Waals surface area contributed by atoms with Crippen molar-refractivity contribution < 1.29 is 31.5 Å². The number of aliphatic carboxylic acids is 1. The lowest BCUT2D eigenvalue weighted by atomic mass is 9.93. The lowest BCUT2D eigenvalue weighted by Crippen LogP contribution is -2.48. The number of benzene rings is 3. The van der Waals surface area contributed by atoms with Crippen LogP contribution in [0.3, 0.4) is 0 Å². The number of sulfonamides is 1. The summed E-state index contributed by atoms with van der Waals surface area (Å²) in [6.45, 7) is -0.526. The molecule has 0 fully saturated rings. The number of carboxylic acid groups (broad SMARTS) is 1. The molecular formula is C27H20BrF3N2O5S. The zero-order valence-electron chi connectivity index (χ0n) is 20.2. The molecule has 39 heavy (non-hydrogen) atoms. The second kappa shape index (κ2) is 9.61. The van der Waals surface area contributed by atoms with E-state index in [1.807, 2.05) is 30.3 Å². The Labute approximate surface area is 229 Å². The zero-order chi connectivity index (χ0) is 28.3. The Hall–Kier alpha value is -3.48. The molecule has 1 aliphatic heterocycles. The molecule has 4 aromatic rings. The highest BCUT2D eigenvalue weighted by atomic mass is 79.9. The van der Waals surface area contributed by atoms with E-state index < -0.39 is 50.9 Å². The summed E-state index contributed by atoms with van der Waals surface area (Å²) in [5, 5.41) is 10.9. The highest BCUT2D eigenvalue weighted by Gasteiger charge is 2.43. The van der Waals surface area contributed by atoms with Crippen LogP contribution in [0.1, 0.15) is 22.7 Å². The maximum Gasteiger partial charge on any atom is 0.416 e. The van der Waals surface area contributed by atoms with E-state index in [1.54, 1.807) is 12.1 Å². The van der Waals surface area contributed by atoms with Crippen LogP contribution in [0, 0.1) is 0 Å². The number of hydrogen-bond donors (Lipinski definition) is 1. The summed E-state index contributed by atoms with van der Waals surface area (Å²) in [5.74, 6) is -1.45. The number of aromatic nitrogens is 1. The van der Waals surface area contributed by atoms with Gasteiger partial charge in [-0.1, -0.05) is 54.6 Å². The molecule has 1 N–H and O–H groups in total. The first-order chi connectivity index (χ1) is 18.3. The van der Waals surface area contributed by atoms with Gasteiger partial charge in [0.25, 0.3) is 15.6 Å². The number of carbonyl (C=O) groups is 1. The number of pyridine rings is 1. The maximum absolute atomic E-state index is 13.7. The summed E-state index contributed by atoms with van der Waals surface area (Å²) >= 11 is 3.26. The van der Waals surface area contributed by atoms with Crippen LogP contribution in [0.2, 0.25) is 0 Å². The molecular weight excluding hydrogens is 601 g/mol. The molecule has 1 unspecified atom stereocenters.